The lowest BCUT2D eigenvalue weighted by molar-refractivity contribution is 0.0988. The Labute approximate surface area is 207 Å². The molecule has 2 N–H and O–H groups in total. The van der Waals surface area contributed by atoms with Crippen LogP contribution in [0.2, 0.25) is 0 Å². The van der Waals surface area contributed by atoms with Crippen LogP contribution in [0.4, 0.5) is 28.7 Å². The van der Waals surface area contributed by atoms with Crippen LogP contribution in [0.25, 0.3) is 5.69 Å². The highest BCUT2D eigenvalue weighted by Crippen LogP contribution is 2.39. The molecule has 0 radical (unpaired) electrons. The van der Waals surface area contributed by atoms with Crippen LogP contribution in [0.3, 0.4) is 0 Å². The highest BCUT2D eigenvalue weighted by Gasteiger charge is 2.25. The molecule has 1 aliphatic heterocycles. The molecule has 178 valence electrons. The molecule has 10 heteroatoms. The van der Waals surface area contributed by atoms with E-state index in [1.54, 1.807) is 19.1 Å². The summed E-state index contributed by atoms with van der Waals surface area (Å²) in [7, 11) is 1.96. The maximum absolute atomic E-state index is 13.0. The third-order valence-electron chi connectivity index (χ3n) is 5.64. The zero-order chi connectivity index (χ0) is 27.2. The summed E-state index contributed by atoms with van der Waals surface area (Å²) in [5, 5.41) is 11.1. The number of ketones is 1. The van der Waals surface area contributed by atoms with E-state index in [1.165, 1.54) is 6.20 Å². The predicted octanol–water partition coefficient (Wildman–Crippen LogP) is 4.41. The number of carbonyl (C=O) groups is 1. The van der Waals surface area contributed by atoms with Gasteiger partial charge in [0, 0.05) is 41.6 Å². The largest absolute Gasteiger partial charge is 0.364 e. The number of benzene rings is 1. The van der Waals surface area contributed by atoms with Crippen molar-refractivity contribution in [3.8, 4) is 5.69 Å². The van der Waals surface area contributed by atoms with Crippen molar-refractivity contribution in [1.82, 2.24) is 29.7 Å². The summed E-state index contributed by atoms with van der Waals surface area (Å²) in [5.74, 6) is 2.57. The standard InChI is InChI=1S/C25H27N9O/c1-6-21(35)17-12-26-22(31-23-10-14(2)27-15(3)28-23)11-19(17)30-18-8-7-9-20-25(18)33(5)13-24-29-16(4)32-34(20)24/h7-12H,6,13H2,1-5H3,(H2,26,27,28,30,31)/i1D3. The summed E-state index contributed by atoms with van der Waals surface area (Å²) in [4.78, 5) is 32.7. The third-order valence-corrected chi connectivity index (χ3v) is 5.64. The summed E-state index contributed by atoms with van der Waals surface area (Å²) >= 11 is 0. The van der Waals surface area contributed by atoms with Gasteiger partial charge in [0.1, 0.15) is 23.3 Å². The lowest BCUT2D eigenvalue weighted by atomic mass is 10.1. The van der Waals surface area contributed by atoms with Crippen molar-refractivity contribution < 1.29 is 8.91 Å². The Hall–Kier alpha value is -4.34. The number of para-hydroxylation sites is 1. The van der Waals surface area contributed by atoms with Crippen LogP contribution >= 0.6 is 0 Å². The molecule has 1 aliphatic rings. The summed E-state index contributed by atoms with van der Waals surface area (Å²) < 4.78 is 24.6. The molecule has 35 heavy (non-hydrogen) atoms. The van der Waals surface area contributed by atoms with Gasteiger partial charge in [0.2, 0.25) is 0 Å². The Bertz CT molecular complexity index is 1530. The topological polar surface area (TPSA) is 114 Å². The van der Waals surface area contributed by atoms with Gasteiger partial charge in [-0.15, -0.1) is 0 Å². The second-order valence-corrected chi connectivity index (χ2v) is 8.42. The van der Waals surface area contributed by atoms with Crippen molar-refractivity contribution in [2.24, 2.45) is 0 Å². The average molecular weight is 473 g/mol. The molecular weight excluding hydrogens is 442 g/mol. The Morgan fingerprint density at radius 2 is 1.91 bits per heavy atom. The van der Waals surface area contributed by atoms with Gasteiger partial charge in [-0.25, -0.2) is 24.6 Å². The number of hydrogen-bond donors (Lipinski definition) is 2. The van der Waals surface area contributed by atoms with Gasteiger partial charge in [-0.2, -0.15) is 5.10 Å². The molecule has 10 nitrogen and oxygen atoms in total. The Morgan fingerprint density at radius 1 is 1.06 bits per heavy atom. The molecular formula is C25H27N9O. The van der Waals surface area contributed by atoms with Crippen LogP contribution in [0, 0.1) is 20.8 Å². The quantitative estimate of drug-likeness (QED) is 0.394. The van der Waals surface area contributed by atoms with Gasteiger partial charge < -0.3 is 15.5 Å². The van der Waals surface area contributed by atoms with Crippen LogP contribution in [0.1, 0.15) is 50.9 Å². The number of fused-ring (bicyclic) bond motifs is 3. The maximum Gasteiger partial charge on any atom is 0.166 e. The number of anilines is 5. The van der Waals surface area contributed by atoms with Crippen molar-refractivity contribution in [3.63, 3.8) is 0 Å². The monoisotopic (exact) mass is 472 g/mol. The summed E-state index contributed by atoms with van der Waals surface area (Å²) in [5.41, 5.74) is 3.82. The minimum Gasteiger partial charge on any atom is -0.364 e. The Balaban J connectivity index is 1.57. The number of Topliss-reactive ketones (excluding diaryl/α,β-unsaturated/α-hetero) is 1. The molecule has 0 unspecified atom stereocenters. The molecule has 0 amide bonds. The van der Waals surface area contributed by atoms with Crippen molar-refractivity contribution in [1.29, 1.82) is 0 Å². The number of rotatable bonds is 6. The number of nitrogens with one attached hydrogen (secondary N) is 2. The fourth-order valence-corrected chi connectivity index (χ4v) is 4.25. The first-order valence-electron chi connectivity index (χ1n) is 12.6. The van der Waals surface area contributed by atoms with E-state index in [9.17, 15) is 4.79 Å². The fraction of sp³-hybridized carbons (Fsp3) is 0.280. The van der Waals surface area contributed by atoms with E-state index < -0.39 is 19.1 Å². The first-order valence-corrected chi connectivity index (χ1v) is 11.1. The SMILES string of the molecule is [2H]C([2H])([2H])CC(=O)c1cnc(Nc2cc(C)nc(C)n2)cc1Nc1cccc2c1N(C)Cc1nc(C)nn1-2. The minimum atomic E-state index is -2.41. The Kier molecular flexibility index (Phi) is 4.77. The zero-order valence-corrected chi connectivity index (χ0v) is 19.9. The van der Waals surface area contributed by atoms with Gasteiger partial charge in [0.15, 0.2) is 11.6 Å². The fourth-order valence-electron chi connectivity index (χ4n) is 4.25. The predicted molar refractivity (Wildman–Crippen MR) is 135 cm³/mol. The van der Waals surface area contributed by atoms with Crippen molar-refractivity contribution in [2.75, 3.05) is 22.6 Å². The van der Waals surface area contributed by atoms with Gasteiger partial charge in [-0.05, 0) is 32.9 Å². The van der Waals surface area contributed by atoms with Crippen LogP contribution in [-0.2, 0) is 6.54 Å². The van der Waals surface area contributed by atoms with Crippen molar-refractivity contribution in [3.05, 3.63) is 65.3 Å². The lowest BCUT2D eigenvalue weighted by Gasteiger charge is -2.30. The van der Waals surface area contributed by atoms with Gasteiger partial charge >= 0.3 is 0 Å². The van der Waals surface area contributed by atoms with Gasteiger partial charge in [-0.3, -0.25) is 4.79 Å². The number of nitrogens with zero attached hydrogens (tertiary/aromatic N) is 7. The maximum atomic E-state index is 13.0. The molecule has 0 saturated carbocycles. The van der Waals surface area contributed by atoms with E-state index in [4.69, 9.17) is 4.11 Å². The van der Waals surface area contributed by atoms with Crippen LogP contribution in [0.15, 0.2) is 36.5 Å². The highest BCUT2D eigenvalue weighted by molar-refractivity contribution is 6.02. The first-order chi connectivity index (χ1) is 18.0. The molecule has 0 fully saturated rings. The molecule has 0 bridgehead atoms. The van der Waals surface area contributed by atoms with E-state index in [-0.39, 0.29) is 5.56 Å². The summed E-state index contributed by atoms with van der Waals surface area (Å²) in [6.45, 7) is 3.66. The van der Waals surface area contributed by atoms with Gasteiger partial charge in [-0.1, -0.05) is 12.9 Å². The molecule has 0 saturated heterocycles. The molecule has 0 atom stereocenters. The first kappa shape index (κ1) is 19.0. The molecule has 5 rings (SSSR count). The second-order valence-electron chi connectivity index (χ2n) is 8.42. The molecule has 3 aromatic heterocycles. The third kappa shape index (κ3) is 4.30. The zero-order valence-electron chi connectivity index (χ0n) is 22.9. The molecule has 0 aliphatic carbocycles. The van der Waals surface area contributed by atoms with Crippen molar-refractivity contribution >= 4 is 34.5 Å². The average Bonchev–Trinajstić information content (AvgIpc) is 3.17. The van der Waals surface area contributed by atoms with E-state index >= 15 is 0 Å². The number of hydrogen-bond acceptors (Lipinski definition) is 9. The van der Waals surface area contributed by atoms with Crippen molar-refractivity contribution in [2.45, 2.75) is 40.6 Å². The minimum absolute atomic E-state index is 0.176. The summed E-state index contributed by atoms with van der Waals surface area (Å²) in [6, 6.07) is 9.20. The van der Waals surface area contributed by atoms with Gasteiger partial charge in [0.05, 0.1) is 34.9 Å². The molecule has 4 heterocycles. The van der Waals surface area contributed by atoms with E-state index in [0.29, 0.717) is 35.5 Å². The van der Waals surface area contributed by atoms with E-state index in [2.05, 4.69) is 40.6 Å². The van der Waals surface area contributed by atoms with Gasteiger partial charge in [0.25, 0.3) is 0 Å². The normalized spacial score (nSPS) is 13.8. The number of carbonyl (C=O) groups excluding carboxylic acids is 1. The number of aromatic nitrogens is 6. The second kappa shape index (κ2) is 8.79. The van der Waals surface area contributed by atoms with Crippen LogP contribution in [0.5, 0.6) is 0 Å². The van der Waals surface area contributed by atoms with Crippen LogP contribution in [-0.4, -0.2) is 42.5 Å². The van der Waals surface area contributed by atoms with Crippen LogP contribution < -0.4 is 15.5 Å². The lowest BCUT2D eigenvalue weighted by Crippen LogP contribution is -2.27. The number of aryl methyl sites for hydroxylation is 3. The molecule has 4 aromatic rings. The van der Waals surface area contributed by atoms with E-state index in [0.717, 1.165) is 28.6 Å². The highest BCUT2D eigenvalue weighted by atomic mass is 16.1. The summed E-state index contributed by atoms with van der Waals surface area (Å²) in [6.07, 6.45) is 0.784. The molecule has 0 spiro atoms. The van der Waals surface area contributed by atoms with E-state index in [1.807, 2.05) is 43.8 Å². The smallest absolute Gasteiger partial charge is 0.166 e. The number of pyridine rings is 1. The Morgan fingerprint density at radius 3 is 2.71 bits per heavy atom. The molecule has 1 aromatic carbocycles.